The molecule has 0 saturated heterocycles. The number of carbonyl (C=O) groups is 1. The summed E-state index contributed by atoms with van der Waals surface area (Å²) >= 11 is 1.86. The molecule has 2 aromatic heterocycles. The van der Waals surface area contributed by atoms with E-state index in [0.717, 1.165) is 44.1 Å². The van der Waals surface area contributed by atoms with Crippen molar-refractivity contribution in [2.24, 2.45) is 71.7 Å². The number of hydrogen-bond acceptors (Lipinski definition) is 6. The number of aliphatic hydroxyl groups is 2. The van der Waals surface area contributed by atoms with Gasteiger partial charge in [-0.1, -0.05) is 549 Å². The van der Waals surface area contributed by atoms with Gasteiger partial charge in [-0.15, -0.1) is 17.9 Å². The third kappa shape index (κ3) is 153. The van der Waals surface area contributed by atoms with Crippen LogP contribution >= 0.6 is 11.3 Å². The molecule has 5 N–H and O–H groups in total. The van der Waals surface area contributed by atoms with Gasteiger partial charge in [0, 0.05) is 23.2 Å². The van der Waals surface area contributed by atoms with Gasteiger partial charge in [-0.25, -0.2) is 0 Å². The van der Waals surface area contributed by atoms with Crippen LogP contribution in [0.1, 0.15) is 540 Å². The molecular formula is C139H250N2O4S. The van der Waals surface area contributed by atoms with Crippen LogP contribution in [0.2, 0.25) is 0 Å². The van der Waals surface area contributed by atoms with Gasteiger partial charge in [-0.05, 0) is 284 Å². The molecule has 0 aliphatic carbocycles. The minimum atomic E-state index is -0.704. The van der Waals surface area contributed by atoms with Crippen molar-refractivity contribution in [2.75, 3.05) is 13.2 Å². The number of aliphatic carboxylic acids is 1. The van der Waals surface area contributed by atoms with E-state index in [1.165, 1.54) is 276 Å². The van der Waals surface area contributed by atoms with Crippen LogP contribution in [0.15, 0.2) is 206 Å². The van der Waals surface area contributed by atoms with E-state index in [1.807, 2.05) is 50.4 Å². The van der Waals surface area contributed by atoms with Gasteiger partial charge in [0.1, 0.15) is 0 Å². The Morgan fingerprint density at radius 1 is 0.322 bits per heavy atom. The maximum Gasteiger partial charge on any atom is 0.303 e. The molecule has 0 spiro atoms. The van der Waals surface area contributed by atoms with Crippen molar-refractivity contribution in [3.05, 3.63) is 245 Å². The molecule has 1 unspecified atom stereocenters. The molecule has 0 radical (unpaired) electrons. The first-order valence-corrected chi connectivity index (χ1v) is 59.5. The van der Waals surface area contributed by atoms with Gasteiger partial charge in [0.05, 0.1) is 12.7 Å². The summed E-state index contributed by atoms with van der Waals surface area (Å²) in [4.78, 5) is 15.9. The molecule has 7 aromatic rings. The number of benzene rings is 5. The first kappa shape index (κ1) is 153. The molecule has 0 amide bonds. The van der Waals surface area contributed by atoms with Crippen LogP contribution in [0.3, 0.4) is 0 Å². The van der Waals surface area contributed by atoms with E-state index in [4.69, 9.17) is 21.1 Å². The summed E-state index contributed by atoms with van der Waals surface area (Å²) in [6, 6.07) is 64.5. The molecule has 846 valence electrons. The number of aromatic nitrogens is 1. The van der Waals surface area contributed by atoms with Crippen molar-refractivity contribution in [1.29, 1.82) is 0 Å². The highest BCUT2D eigenvalue weighted by Gasteiger charge is 2.17. The minimum absolute atomic E-state index is 0.115. The number of nitrogens with zero attached hydrogens (tertiary/aromatic N) is 1. The summed E-state index contributed by atoms with van der Waals surface area (Å²) < 4.78 is 0. The lowest BCUT2D eigenvalue weighted by Crippen LogP contribution is -2.15. The number of rotatable bonds is 44. The number of aryl methyl sites for hydroxylation is 7. The Hall–Kier alpha value is -5.96. The predicted molar refractivity (Wildman–Crippen MR) is 665 cm³/mol. The second-order valence-electron chi connectivity index (χ2n) is 54.8. The number of aliphatic hydroxyl groups excluding tert-OH is 2. The summed E-state index contributed by atoms with van der Waals surface area (Å²) in [5.41, 5.74) is 18.3. The Morgan fingerprint density at radius 3 is 0.815 bits per heavy atom. The Labute approximate surface area is 917 Å². The fourth-order valence-electron chi connectivity index (χ4n) is 13.8. The average Bonchev–Trinajstić information content (AvgIpc) is 1.80. The lowest BCUT2D eigenvalue weighted by atomic mass is 9.89. The second-order valence-corrected chi connectivity index (χ2v) is 55.8. The molecule has 7 heteroatoms. The van der Waals surface area contributed by atoms with Crippen LogP contribution in [-0.4, -0.2) is 45.5 Å². The van der Waals surface area contributed by atoms with Crippen molar-refractivity contribution in [3.63, 3.8) is 0 Å². The zero-order valence-corrected chi connectivity index (χ0v) is 105. The number of unbranched alkanes of at least 4 members (excludes halogenated alkanes) is 17. The van der Waals surface area contributed by atoms with E-state index in [9.17, 15) is 4.79 Å². The van der Waals surface area contributed by atoms with Crippen LogP contribution in [0.4, 0.5) is 0 Å². The van der Waals surface area contributed by atoms with Gasteiger partial charge in [-0.3, -0.25) is 9.78 Å². The lowest BCUT2D eigenvalue weighted by molar-refractivity contribution is -0.137. The number of pyridine rings is 1. The summed E-state index contributed by atoms with van der Waals surface area (Å²) in [5.74, 6) is 0.963. The SMILES string of the molecule is C=CCCCC.CC(C)(C)C.CC(C)(C)CCC(=O)O.CC(C)(C)CCC(O)CO.CC(C)(C)CCCCCCCCc1ccccc1.CC(C)(C)CCCCCCc1ccccc1.CC(C)(C)CCCCCc1ccccc1.CC(C)(C)CCCCc1ccccc1.CC(C)(C)CCCN.CC(C)(C)CCCc1ccccn1.CC(C)(C)CCc1cccs1.CC(C)C.CC(C)C.CCCCCCCc1ccccc1. The highest BCUT2D eigenvalue weighted by atomic mass is 32.1. The average molecular weight is 2050 g/mol. The van der Waals surface area contributed by atoms with E-state index in [-0.39, 0.29) is 23.9 Å². The Kier molecular flexibility index (Phi) is 99.5. The molecule has 0 bridgehead atoms. The van der Waals surface area contributed by atoms with Crippen molar-refractivity contribution < 1.29 is 20.1 Å². The highest BCUT2D eigenvalue weighted by Crippen LogP contribution is 2.30. The number of allylic oxidation sites excluding steroid dienone is 1. The minimum Gasteiger partial charge on any atom is -0.481 e. The first-order chi connectivity index (χ1) is 67.7. The van der Waals surface area contributed by atoms with Crippen molar-refractivity contribution >= 4 is 17.3 Å². The highest BCUT2D eigenvalue weighted by molar-refractivity contribution is 7.09. The van der Waals surface area contributed by atoms with E-state index in [0.29, 0.717) is 49.7 Å². The molecule has 0 aliphatic rings. The Bertz CT molecular complexity index is 3740. The number of carboxylic acids is 1. The van der Waals surface area contributed by atoms with Gasteiger partial charge in [0.15, 0.2) is 0 Å². The molecule has 0 saturated carbocycles. The smallest absolute Gasteiger partial charge is 0.303 e. The third-order valence-electron chi connectivity index (χ3n) is 22.3. The van der Waals surface area contributed by atoms with Crippen molar-refractivity contribution in [1.82, 2.24) is 4.98 Å². The molecule has 7 rings (SSSR count). The van der Waals surface area contributed by atoms with Crippen molar-refractivity contribution in [3.8, 4) is 0 Å². The number of thiophene rings is 1. The van der Waals surface area contributed by atoms with Gasteiger partial charge < -0.3 is 21.1 Å². The van der Waals surface area contributed by atoms with Crippen LogP contribution in [-0.2, 0) is 49.7 Å². The van der Waals surface area contributed by atoms with Gasteiger partial charge in [0.2, 0.25) is 0 Å². The normalized spacial score (nSPS) is 11.5. The Balaban J connectivity index is -0.000000290. The maximum absolute atomic E-state index is 10.0. The molecule has 5 aromatic carbocycles. The topological polar surface area (TPSA) is 117 Å². The molecular weight excluding hydrogens is 1790 g/mol. The van der Waals surface area contributed by atoms with E-state index in [1.54, 1.807) is 0 Å². The zero-order valence-electron chi connectivity index (χ0n) is 104. The number of carboxylic acid groups (broad SMARTS) is 1. The monoisotopic (exact) mass is 2040 g/mol. The van der Waals surface area contributed by atoms with Crippen LogP contribution in [0.25, 0.3) is 0 Å². The maximum atomic E-state index is 10.0. The van der Waals surface area contributed by atoms with E-state index in [2.05, 4.69) is 442 Å². The largest absolute Gasteiger partial charge is 0.481 e. The van der Waals surface area contributed by atoms with Crippen molar-refractivity contribution in [2.45, 2.75) is 552 Å². The fourth-order valence-corrected chi connectivity index (χ4v) is 14.5. The standard InChI is InChI=1S/C18H30.C16H26.C15H24.C14H22.C13H20.C12H19N.C10H16S.C8H18O2.C7H17N.C7H14O2.C6H12.C5H12.2C4H10/c1-18(2,3)16-12-7-5-4-6-9-13-17-14-10-8-11-15-17;1-16(2,3)14-10-5-4-7-11-15-12-8-6-9-13-15;1-15(2,3)13-9-5-8-12-14-10-6-4-7-11-14;1-14(2,3)12-8-7-11-13-9-5-4-6-10-13;1-2-3-4-5-7-10-13-11-8-6-9-12-13;1-12(2,3)9-6-8-11-7-4-5-10-13-11;1-10(2,3)7-6-9-5-4-8-11-9;1-8(2,3)5-4-7(10)6-9;1-7(2,3)5-4-6-8;1-7(2,3)5-4-6(8)9;1-3-5-6-4-2;1-5(2,3)4;2*1-4(2)3/h8,10-11,14-15H,4-7,9,12-13,16H2,1-3H3;6,8-9,12-13H,4-5,7,10-11,14H2,1-3H3;4,6-7,10-11H,5,8-9,12-13H2,1-3H3;4-6,9-10H,7-8,11-12H2,1-3H3;6,8-9,11-12H,2-5,7,10H2,1H3;4-5,7,10H,6,8-9H2,1-3H3;4-5,8H,6-7H2,1-3H3;7,9-10H,4-6H2,1-3H3;4-6,8H2,1-3H3;4-5H2,1-3H3,(H,8,9);3H,1,4-6H2,2H3;1-4H3;2*4H,1-3H3. The van der Waals surface area contributed by atoms with Gasteiger partial charge >= 0.3 is 5.97 Å². The van der Waals surface area contributed by atoms with Gasteiger partial charge in [0.25, 0.3) is 0 Å². The van der Waals surface area contributed by atoms with E-state index >= 15 is 0 Å². The molecule has 1 atom stereocenters. The molecule has 146 heavy (non-hydrogen) atoms. The summed E-state index contributed by atoms with van der Waals surface area (Å²) in [5, 5.41) is 27.9. The second kappa shape index (κ2) is 95.0. The summed E-state index contributed by atoms with van der Waals surface area (Å²) in [6.45, 7) is 91.4. The number of nitrogens with two attached hydrogens (primary N) is 1. The fraction of sp³-hybridized carbons (Fsp3) is 0.698. The Morgan fingerprint density at radius 2 is 0.582 bits per heavy atom. The zero-order chi connectivity index (χ0) is 113. The summed E-state index contributed by atoms with van der Waals surface area (Å²) in [6.07, 6.45) is 57.4. The molecule has 2 heterocycles. The third-order valence-corrected chi connectivity index (χ3v) is 23.2. The van der Waals surface area contributed by atoms with Crippen LogP contribution in [0.5, 0.6) is 0 Å². The number of hydrogen-bond donors (Lipinski definition) is 4. The van der Waals surface area contributed by atoms with Gasteiger partial charge in [-0.2, -0.15) is 0 Å². The predicted octanol–water partition coefficient (Wildman–Crippen LogP) is 44.5. The molecule has 6 nitrogen and oxygen atoms in total. The molecule has 0 fully saturated rings. The lowest BCUT2D eigenvalue weighted by Gasteiger charge is -2.19. The van der Waals surface area contributed by atoms with E-state index < -0.39 is 12.1 Å². The van der Waals surface area contributed by atoms with Crippen LogP contribution in [0, 0.1) is 66.0 Å². The summed E-state index contributed by atoms with van der Waals surface area (Å²) in [7, 11) is 0. The van der Waals surface area contributed by atoms with Crippen LogP contribution < -0.4 is 5.73 Å². The first-order valence-electron chi connectivity index (χ1n) is 58.7. The quantitative estimate of drug-likeness (QED) is 0.0223. The molecule has 0 aliphatic heterocycles.